The van der Waals surface area contributed by atoms with E-state index in [2.05, 4.69) is 11.4 Å². The molecule has 2 rings (SSSR count). The largest absolute Gasteiger partial charge is 0.495 e. The number of methoxy groups -OCH3 is 1. The highest BCUT2D eigenvalue weighted by molar-refractivity contribution is 5.53. The highest BCUT2D eigenvalue weighted by atomic mass is 16.5. The minimum absolute atomic E-state index is 0.671. The van der Waals surface area contributed by atoms with Gasteiger partial charge in [-0.1, -0.05) is 6.07 Å². The van der Waals surface area contributed by atoms with Crippen LogP contribution < -0.4 is 10.1 Å². The van der Waals surface area contributed by atoms with Crippen LogP contribution in [-0.4, -0.2) is 7.11 Å². The van der Waals surface area contributed by atoms with Crippen molar-refractivity contribution in [2.75, 3.05) is 7.11 Å². The van der Waals surface area contributed by atoms with Crippen molar-refractivity contribution in [1.82, 2.24) is 5.32 Å². The van der Waals surface area contributed by atoms with Crippen LogP contribution in [0.1, 0.15) is 16.7 Å². The maximum Gasteiger partial charge on any atom is 0.136 e. The maximum atomic E-state index is 8.96. The van der Waals surface area contributed by atoms with E-state index in [9.17, 15) is 0 Å². The number of nitrogens with one attached hydrogen (secondary N) is 1. The SMILES string of the molecule is COc1ccc2c(c1C#N)CNC2. The van der Waals surface area contributed by atoms with Crippen molar-refractivity contribution < 1.29 is 4.74 Å². The van der Waals surface area contributed by atoms with Crippen LogP contribution in [0.5, 0.6) is 5.75 Å². The van der Waals surface area contributed by atoms with Crippen molar-refractivity contribution in [3.63, 3.8) is 0 Å². The molecular formula is C10H10N2O. The number of fused-ring (bicyclic) bond motifs is 1. The first-order chi connectivity index (χ1) is 6.36. The van der Waals surface area contributed by atoms with Crippen LogP contribution in [-0.2, 0) is 13.1 Å². The number of hydrogen-bond acceptors (Lipinski definition) is 3. The van der Waals surface area contributed by atoms with Crippen LogP contribution in [0.4, 0.5) is 0 Å². The average molecular weight is 174 g/mol. The smallest absolute Gasteiger partial charge is 0.136 e. The van der Waals surface area contributed by atoms with Gasteiger partial charge in [0, 0.05) is 13.1 Å². The molecular weight excluding hydrogens is 164 g/mol. The molecule has 1 aliphatic rings. The molecule has 3 nitrogen and oxygen atoms in total. The predicted octanol–water partition coefficient (Wildman–Crippen LogP) is 1.17. The van der Waals surface area contributed by atoms with E-state index in [1.165, 1.54) is 5.56 Å². The van der Waals surface area contributed by atoms with Crippen molar-refractivity contribution in [2.45, 2.75) is 13.1 Å². The normalized spacial score (nSPS) is 13.5. The van der Waals surface area contributed by atoms with E-state index in [-0.39, 0.29) is 0 Å². The lowest BCUT2D eigenvalue weighted by Gasteiger charge is -2.06. The Hall–Kier alpha value is -1.53. The molecule has 13 heavy (non-hydrogen) atoms. The van der Waals surface area contributed by atoms with Gasteiger partial charge in [0.15, 0.2) is 0 Å². The Kier molecular flexibility index (Phi) is 1.91. The van der Waals surface area contributed by atoms with Crippen molar-refractivity contribution in [2.24, 2.45) is 0 Å². The molecule has 0 bridgehead atoms. The lowest BCUT2D eigenvalue weighted by Crippen LogP contribution is -2.00. The van der Waals surface area contributed by atoms with E-state index in [0.717, 1.165) is 18.7 Å². The first kappa shape index (κ1) is 8.09. The number of nitriles is 1. The van der Waals surface area contributed by atoms with Crippen molar-refractivity contribution in [3.05, 3.63) is 28.8 Å². The van der Waals surface area contributed by atoms with Gasteiger partial charge in [-0.25, -0.2) is 0 Å². The third-order valence-corrected chi connectivity index (χ3v) is 2.32. The summed E-state index contributed by atoms with van der Waals surface area (Å²) in [7, 11) is 1.59. The fraction of sp³-hybridized carbons (Fsp3) is 0.300. The molecule has 66 valence electrons. The molecule has 3 heteroatoms. The molecule has 1 heterocycles. The Balaban J connectivity index is 2.61. The summed E-state index contributed by atoms with van der Waals surface area (Å²) in [5.41, 5.74) is 2.96. The molecule has 0 fully saturated rings. The third-order valence-electron chi connectivity index (χ3n) is 2.32. The topological polar surface area (TPSA) is 45.0 Å². The lowest BCUT2D eigenvalue weighted by molar-refractivity contribution is 0.413. The van der Waals surface area contributed by atoms with Gasteiger partial charge in [0.2, 0.25) is 0 Å². The highest BCUT2D eigenvalue weighted by Gasteiger charge is 2.17. The second-order valence-electron chi connectivity index (χ2n) is 3.00. The number of hydrogen-bond donors (Lipinski definition) is 1. The Labute approximate surface area is 76.9 Å². The number of rotatable bonds is 1. The molecule has 0 aliphatic carbocycles. The van der Waals surface area contributed by atoms with E-state index in [1.54, 1.807) is 7.11 Å². The zero-order valence-corrected chi connectivity index (χ0v) is 7.42. The molecule has 1 aromatic carbocycles. The summed E-state index contributed by atoms with van der Waals surface area (Å²) in [6, 6.07) is 6.04. The van der Waals surface area contributed by atoms with Crippen LogP contribution in [0.15, 0.2) is 12.1 Å². The second-order valence-corrected chi connectivity index (χ2v) is 3.00. The standard InChI is InChI=1S/C10H10N2O/c1-13-10-3-2-7-5-12-6-9(7)8(10)4-11/h2-3,12H,5-6H2,1H3. The van der Waals surface area contributed by atoms with Crippen LogP contribution in [0.3, 0.4) is 0 Å². The van der Waals surface area contributed by atoms with E-state index in [1.807, 2.05) is 12.1 Å². The molecule has 1 aliphatic heterocycles. The van der Waals surface area contributed by atoms with Crippen LogP contribution in [0.2, 0.25) is 0 Å². The van der Waals surface area contributed by atoms with Gasteiger partial charge in [0.25, 0.3) is 0 Å². The van der Waals surface area contributed by atoms with Crippen molar-refractivity contribution in [3.8, 4) is 11.8 Å². The van der Waals surface area contributed by atoms with Crippen molar-refractivity contribution in [1.29, 1.82) is 5.26 Å². The molecule has 0 aromatic heterocycles. The minimum Gasteiger partial charge on any atom is -0.495 e. The van der Waals surface area contributed by atoms with Crippen LogP contribution >= 0.6 is 0 Å². The van der Waals surface area contributed by atoms with Gasteiger partial charge in [0.1, 0.15) is 11.8 Å². The van der Waals surface area contributed by atoms with Gasteiger partial charge < -0.3 is 10.1 Å². The number of nitrogens with zero attached hydrogens (tertiary/aromatic N) is 1. The van der Waals surface area contributed by atoms with E-state index in [0.29, 0.717) is 11.3 Å². The zero-order valence-electron chi connectivity index (χ0n) is 7.42. The summed E-state index contributed by atoms with van der Waals surface area (Å²) in [6.45, 7) is 1.63. The molecule has 1 aromatic rings. The molecule has 1 N–H and O–H groups in total. The minimum atomic E-state index is 0.671. The highest BCUT2D eigenvalue weighted by Crippen LogP contribution is 2.27. The van der Waals surface area contributed by atoms with E-state index in [4.69, 9.17) is 10.00 Å². The fourth-order valence-corrected chi connectivity index (χ4v) is 1.65. The van der Waals surface area contributed by atoms with Gasteiger partial charge in [-0.15, -0.1) is 0 Å². The Morgan fingerprint density at radius 2 is 2.31 bits per heavy atom. The fourth-order valence-electron chi connectivity index (χ4n) is 1.65. The average Bonchev–Trinajstić information content (AvgIpc) is 2.63. The monoisotopic (exact) mass is 174 g/mol. The van der Waals surface area contributed by atoms with Crippen LogP contribution in [0.25, 0.3) is 0 Å². The molecule has 0 unspecified atom stereocenters. The van der Waals surface area contributed by atoms with Gasteiger partial charge in [-0.2, -0.15) is 5.26 Å². The Bertz CT molecular complexity index is 379. The van der Waals surface area contributed by atoms with Gasteiger partial charge >= 0.3 is 0 Å². The second kappa shape index (κ2) is 3.08. The molecule has 0 saturated heterocycles. The Morgan fingerprint density at radius 1 is 1.46 bits per heavy atom. The molecule has 0 atom stereocenters. The molecule has 0 saturated carbocycles. The van der Waals surface area contributed by atoms with E-state index < -0.39 is 0 Å². The summed E-state index contributed by atoms with van der Waals surface area (Å²) >= 11 is 0. The van der Waals surface area contributed by atoms with Gasteiger partial charge in [-0.3, -0.25) is 0 Å². The first-order valence-corrected chi connectivity index (χ1v) is 4.16. The summed E-state index contributed by atoms with van der Waals surface area (Å²) in [5, 5.41) is 12.2. The molecule has 0 spiro atoms. The summed E-state index contributed by atoms with van der Waals surface area (Å²) < 4.78 is 5.11. The molecule has 0 amide bonds. The quantitative estimate of drug-likeness (QED) is 0.695. The van der Waals surface area contributed by atoms with Crippen LogP contribution in [0, 0.1) is 11.3 Å². The lowest BCUT2D eigenvalue weighted by atomic mass is 10.0. The van der Waals surface area contributed by atoms with Crippen molar-refractivity contribution >= 4 is 0 Å². The predicted molar refractivity (Wildman–Crippen MR) is 48.3 cm³/mol. The molecule has 0 radical (unpaired) electrons. The third kappa shape index (κ3) is 1.16. The number of benzene rings is 1. The maximum absolute atomic E-state index is 8.96. The van der Waals surface area contributed by atoms with Gasteiger partial charge in [0.05, 0.1) is 12.7 Å². The van der Waals surface area contributed by atoms with Gasteiger partial charge in [-0.05, 0) is 17.2 Å². The Morgan fingerprint density at radius 3 is 3.00 bits per heavy atom. The van der Waals surface area contributed by atoms with E-state index >= 15 is 0 Å². The first-order valence-electron chi connectivity index (χ1n) is 4.16. The summed E-state index contributed by atoms with van der Waals surface area (Å²) in [5.74, 6) is 0.671. The summed E-state index contributed by atoms with van der Waals surface area (Å²) in [4.78, 5) is 0. The zero-order chi connectivity index (χ0) is 9.26. The number of ether oxygens (including phenoxy) is 1. The summed E-state index contributed by atoms with van der Waals surface area (Å²) in [6.07, 6.45) is 0.